The molecule has 0 saturated carbocycles. The molecule has 126 valence electrons. The first-order chi connectivity index (χ1) is 11.1. The zero-order chi connectivity index (χ0) is 16.9. The summed E-state index contributed by atoms with van der Waals surface area (Å²) in [7, 11) is 6.71. The van der Waals surface area contributed by atoms with Crippen LogP contribution in [0.1, 0.15) is 24.0 Å². The molecule has 0 spiro atoms. The van der Waals surface area contributed by atoms with E-state index >= 15 is 0 Å². The minimum absolute atomic E-state index is 0.647. The molecule has 0 fully saturated rings. The quantitative estimate of drug-likeness (QED) is 0.717. The second-order valence-corrected chi connectivity index (χ2v) is 5.66. The van der Waals surface area contributed by atoms with Crippen LogP contribution in [0.4, 0.5) is 0 Å². The number of hydrogen-bond acceptors (Lipinski definition) is 4. The van der Waals surface area contributed by atoms with Gasteiger partial charge in [0.1, 0.15) is 11.5 Å². The molecule has 1 aliphatic carbocycles. The Morgan fingerprint density at radius 1 is 1.00 bits per heavy atom. The second kappa shape index (κ2) is 7.66. The monoisotopic (exact) mass is 318 g/mol. The van der Waals surface area contributed by atoms with Crippen molar-refractivity contribution in [2.24, 2.45) is 0 Å². The maximum absolute atomic E-state index is 5.54. The fourth-order valence-electron chi connectivity index (χ4n) is 2.88. The number of allylic oxidation sites excluding steroid dienone is 1. The first-order valence-electron chi connectivity index (χ1n) is 7.77. The van der Waals surface area contributed by atoms with Gasteiger partial charge in [-0.1, -0.05) is 6.07 Å². The van der Waals surface area contributed by atoms with Crippen molar-refractivity contribution in [1.82, 2.24) is 0 Å². The average Bonchev–Trinajstić information content (AvgIpc) is 2.60. The van der Waals surface area contributed by atoms with E-state index in [1.165, 1.54) is 11.1 Å². The van der Waals surface area contributed by atoms with Gasteiger partial charge < -0.3 is 18.9 Å². The average molecular weight is 318 g/mol. The minimum atomic E-state index is -0.688. The van der Waals surface area contributed by atoms with Gasteiger partial charge in [-0.2, -0.15) is 0 Å². The molecule has 0 heterocycles. The van der Waals surface area contributed by atoms with Crippen LogP contribution in [-0.4, -0.2) is 34.2 Å². The van der Waals surface area contributed by atoms with Gasteiger partial charge in [-0.05, 0) is 60.8 Å². The summed E-state index contributed by atoms with van der Waals surface area (Å²) in [5, 5.41) is 0. The summed E-state index contributed by atoms with van der Waals surface area (Å²) < 4.78 is 21.8. The van der Waals surface area contributed by atoms with E-state index in [1.54, 1.807) is 28.4 Å². The molecule has 4 nitrogen and oxygen atoms in total. The zero-order valence-corrected chi connectivity index (χ0v) is 14.6. The molecule has 0 aromatic heterocycles. The number of ether oxygens (including phenoxy) is 4. The predicted octanol–water partition coefficient (Wildman–Crippen LogP) is 3.79. The third-order valence-electron chi connectivity index (χ3n) is 4.41. The molecule has 1 aromatic rings. The molecule has 0 aliphatic heterocycles. The van der Waals surface area contributed by atoms with Crippen LogP contribution < -0.4 is 4.74 Å². The molecule has 23 heavy (non-hydrogen) atoms. The van der Waals surface area contributed by atoms with Gasteiger partial charge in [-0.3, -0.25) is 0 Å². The van der Waals surface area contributed by atoms with Crippen LogP contribution in [-0.2, 0) is 20.6 Å². The highest BCUT2D eigenvalue weighted by Gasteiger charge is 2.31. The fraction of sp³-hybridized carbons (Fsp3) is 0.474. The molecule has 0 saturated heterocycles. The molecule has 0 N–H and O–H groups in total. The largest absolute Gasteiger partial charge is 0.497 e. The molecule has 0 bridgehead atoms. The Hall–Kier alpha value is -1.78. The third-order valence-corrected chi connectivity index (χ3v) is 4.41. The van der Waals surface area contributed by atoms with E-state index in [9.17, 15) is 0 Å². The van der Waals surface area contributed by atoms with Crippen LogP contribution in [0, 0.1) is 6.92 Å². The van der Waals surface area contributed by atoms with Gasteiger partial charge in [0.15, 0.2) is 5.79 Å². The lowest BCUT2D eigenvalue weighted by Gasteiger charge is -2.31. The van der Waals surface area contributed by atoms with Crippen molar-refractivity contribution in [3.63, 3.8) is 0 Å². The van der Waals surface area contributed by atoms with Crippen LogP contribution in [0.25, 0.3) is 0 Å². The smallest absolute Gasteiger partial charge is 0.191 e. The van der Waals surface area contributed by atoms with Crippen LogP contribution in [0.15, 0.2) is 41.7 Å². The topological polar surface area (TPSA) is 36.9 Å². The van der Waals surface area contributed by atoms with Crippen LogP contribution in [0.3, 0.4) is 0 Å². The number of rotatable bonds is 7. The highest BCUT2D eigenvalue weighted by atomic mass is 16.7. The molecule has 1 aliphatic rings. The van der Waals surface area contributed by atoms with Gasteiger partial charge >= 0.3 is 0 Å². The van der Waals surface area contributed by atoms with Crippen LogP contribution >= 0.6 is 0 Å². The van der Waals surface area contributed by atoms with Crippen LogP contribution in [0.5, 0.6) is 5.75 Å². The Balaban J connectivity index is 2.16. The molecule has 0 amide bonds. The fourth-order valence-corrected chi connectivity index (χ4v) is 2.88. The summed E-state index contributed by atoms with van der Waals surface area (Å²) in [4.78, 5) is 0. The Morgan fingerprint density at radius 2 is 1.74 bits per heavy atom. The Kier molecular flexibility index (Phi) is 5.85. The second-order valence-electron chi connectivity index (χ2n) is 5.66. The summed E-state index contributed by atoms with van der Waals surface area (Å²) in [5.74, 6) is 1.10. The molecule has 0 unspecified atom stereocenters. The van der Waals surface area contributed by atoms with Gasteiger partial charge in [0, 0.05) is 20.6 Å². The van der Waals surface area contributed by atoms with Gasteiger partial charge in [-0.25, -0.2) is 0 Å². The van der Waals surface area contributed by atoms with E-state index in [4.69, 9.17) is 18.9 Å². The Morgan fingerprint density at radius 3 is 2.30 bits per heavy atom. The number of hydrogen-bond donors (Lipinski definition) is 0. The lowest BCUT2D eigenvalue weighted by atomic mass is 9.93. The summed E-state index contributed by atoms with van der Waals surface area (Å²) in [6.07, 6.45) is 6.50. The van der Waals surface area contributed by atoms with E-state index in [0.29, 0.717) is 6.42 Å². The first-order valence-corrected chi connectivity index (χ1v) is 7.77. The molecule has 1 aromatic carbocycles. The van der Waals surface area contributed by atoms with E-state index < -0.39 is 5.79 Å². The summed E-state index contributed by atoms with van der Waals surface area (Å²) in [5.41, 5.74) is 3.64. The molecular formula is C19H26O4. The minimum Gasteiger partial charge on any atom is -0.497 e. The van der Waals surface area contributed by atoms with Crippen molar-refractivity contribution >= 4 is 0 Å². The Bertz CT molecular complexity index is 597. The third kappa shape index (κ3) is 3.95. The van der Waals surface area contributed by atoms with E-state index in [2.05, 4.69) is 19.1 Å². The van der Waals surface area contributed by atoms with Gasteiger partial charge in [0.05, 0.1) is 14.2 Å². The van der Waals surface area contributed by atoms with Crippen molar-refractivity contribution in [3.8, 4) is 5.75 Å². The summed E-state index contributed by atoms with van der Waals surface area (Å²) >= 11 is 0. The van der Waals surface area contributed by atoms with Crippen molar-refractivity contribution in [2.45, 2.75) is 32.0 Å². The van der Waals surface area contributed by atoms with Gasteiger partial charge in [0.25, 0.3) is 0 Å². The normalized spacial score (nSPS) is 16.6. The Labute approximate surface area is 138 Å². The maximum Gasteiger partial charge on any atom is 0.191 e. The van der Waals surface area contributed by atoms with E-state index in [1.807, 2.05) is 18.2 Å². The number of benzene rings is 1. The standard InChI is InChI=1S/C19H26O4/c1-14-12-17(20-2)9-8-15(14)6-7-16-13-19(22-4,23-5)11-10-18(16)21-3/h8-10,12-13H,6-7,11H2,1-5H3. The zero-order valence-electron chi connectivity index (χ0n) is 14.6. The van der Waals surface area contributed by atoms with E-state index in [-0.39, 0.29) is 0 Å². The predicted molar refractivity (Wildman–Crippen MR) is 90.6 cm³/mol. The highest BCUT2D eigenvalue weighted by Crippen LogP contribution is 2.32. The number of aryl methyl sites for hydroxylation is 2. The van der Waals surface area contributed by atoms with Crippen molar-refractivity contribution in [1.29, 1.82) is 0 Å². The van der Waals surface area contributed by atoms with Gasteiger partial charge in [-0.15, -0.1) is 0 Å². The van der Waals surface area contributed by atoms with Crippen molar-refractivity contribution < 1.29 is 18.9 Å². The van der Waals surface area contributed by atoms with Crippen molar-refractivity contribution in [2.75, 3.05) is 28.4 Å². The molecule has 4 heteroatoms. The molecule has 2 rings (SSSR count). The number of methoxy groups -OCH3 is 4. The summed E-state index contributed by atoms with van der Waals surface area (Å²) in [6.45, 7) is 2.11. The molecular weight excluding hydrogens is 292 g/mol. The molecule has 0 radical (unpaired) electrons. The summed E-state index contributed by atoms with van der Waals surface area (Å²) in [6, 6.07) is 6.18. The van der Waals surface area contributed by atoms with Gasteiger partial charge in [0.2, 0.25) is 0 Å². The van der Waals surface area contributed by atoms with E-state index in [0.717, 1.165) is 29.9 Å². The SMILES string of the molecule is COC1=CCC(OC)(OC)C=C1CCc1ccc(OC)cc1C. The highest BCUT2D eigenvalue weighted by molar-refractivity contribution is 5.37. The first kappa shape index (κ1) is 17.6. The lowest BCUT2D eigenvalue weighted by Crippen LogP contribution is -2.33. The lowest BCUT2D eigenvalue weighted by molar-refractivity contribution is -0.169. The van der Waals surface area contributed by atoms with Crippen molar-refractivity contribution in [3.05, 3.63) is 52.8 Å². The maximum atomic E-state index is 5.54. The van der Waals surface area contributed by atoms with Crippen LogP contribution in [0.2, 0.25) is 0 Å². The molecule has 0 atom stereocenters.